The Labute approximate surface area is 119 Å². The van der Waals surface area contributed by atoms with E-state index in [9.17, 15) is 4.39 Å². The van der Waals surface area contributed by atoms with Crippen molar-refractivity contribution in [2.75, 3.05) is 19.7 Å². The van der Waals surface area contributed by atoms with Crippen molar-refractivity contribution in [3.05, 3.63) is 35.1 Å². The van der Waals surface area contributed by atoms with Gasteiger partial charge >= 0.3 is 0 Å². The van der Waals surface area contributed by atoms with Gasteiger partial charge in [0.05, 0.1) is 6.61 Å². The molecule has 0 spiro atoms. The molecular formula is C14H21FN2OS. The quantitative estimate of drug-likeness (QED) is 0.717. The van der Waals surface area contributed by atoms with Gasteiger partial charge in [0.15, 0.2) is 0 Å². The molecule has 1 aromatic carbocycles. The van der Waals surface area contributed by atoms with E-state index in [4.69, 9.17) is 23.1 Å². The summed E-state index contributed by atoms with van der Waals surface area (Å²) in [6.07, 6.45) is 2.09. The van der Waals surface area contributed by atoms with E-state index in [0.717, 1.165) is 19.4 Å². The fourth-order valence-electron chi connectivity index (χ4n) is 1.88. The topological polar surface area (TPSA) is 49.5 Å². The number of aliphatic hydroxyl groups excluding tert-OH is 1. The first kappa shape index (κ1) is 16.0. The van der Waals surface area contributed by atoms with Crippen molar-refractivity contribution in [1.82, 2.24) is 4.90 Å². The van der Waals surface area contributed by atoms with Gasteiger partial charge < -0.3 is 10.8 Å². The summed E-state index contributed by atoms with van der Waals surface area (Å²) in [6, 6.07) is 4.67. The van der Waals surface area contributed by atoms with E-state index >= 15 is 0 Å². The molecule has 0 unspecified atom stereocenters. The molecule has 5 heteroatoms. The van der Waals surface area contributed by atoms with Crippen molar-refractivity contribution in [3.63, 3.8) is 0 Å². The van der Waals surface area contributed by atoms with Crippen LogP contribution in [0.1, 0.15) is 30.9 Å². The predicted octanol–water partition coefficient (Wildman–Crippen LogP) is 2.05. The highest BCUT2D eigenvalue weighted by Crippen LogP contribution is 2.14. The van der Waals surface area contributed by atoms with Crippen LogP contribution in [0.4, 0.5) is 4.39 Å². The highest BCUT2D eigenvalue weighted by molar-refractivity contribution is 7.80. The fraction of sp³-hybridized carbons (Fsp3) is 0.500. The van der Waals surface area contributed by atoms with Gasteiger partial charge in [-0.1, -0.05) is 25.6 Å². The minimum atomic E-state index is -0.264. The number of hydrogen-bond donors (Lipinski definition) is 2. The maximum Gasteiger partial charge on any atom is 0.127 e. The molecule has 0 aliphatic heterocycles. The lowest BCUT2D eigenvalue weighted by Crippen LogP contribution is -2.28. The Morgan fingerprint density at radius 1 is 1.42 bits per heavy atom. The summed E-state index contributed by atoms with van der Waals surface area (Å²) >= 11 is 4.90. The van der Waals surface area contributed by atoms with Crippen molar-refractivity contribution in [3.8, 4) is 0 Å². The van der Waals surface area contributed by atoms with Crippen molar-refractivity contribution in [2.24, 2.45) is 5.73 Å². The lowest BCUT2D eigenvalue weighted by atomic mass is 10.1. The summed E-state index contributed by atoms with van der Waals surface area (Å²) in [4.78, 5) is 2.30. The number of aliphatic hydroxyl groups is 1. The molecule has 19 heavy (non-hydrogen) atoms. The molecular weight excluding hydrogens is 263 g/mol. The summed E-state index contributed by atoms with van der Waals surface area (Å²) in [5.41, 5.74) is 6.79. The van der Waals surface area contributed by atoms with Gasteiger partial charge in [-0.15, -0.1) is 0 Å². The number of thiocarbonyl (C=S) groups is 1. The van der Waals surface area contributed by atoms with E-state index < -0.39 is 0 Å². The fourth-order valence-corrected chi connectivity index (χ4v) is 2.01. The zero-order valence-electron chi connectivity index (χ0n) is 11.2. The standard InChI is InChI=1S/C14H21FN2OS/c1-2-3-6-17(7-8-18)10-12-9-11(14(16)19)4-5-13(12)15/h4-5,9,18H,2-3,6-8,10H2,1H3,(H2,16,19). The monoisotopic (exact) mass is 284 g/mol. The molecule has 3 N–H and O–H groups in total. The predicted molar refractivity (Wildman–Crippen MR) is 79.6 cm³/mol. The van der Waals surface area contributed by atoms with Crippen LogP contribution >= 0.6 is 12.2 Å². The van der Waals surface area contributed by atoms with E-state index in [2.05, 4.69) is 6.92 Å². The van der Waals surface area contributed by atoms with E-state index in [0.29, 0.717) is 24.2 Å². The average Bonchev–Trinajstić information content (AvgIpc) is 2.38. The van der Waals surface area contributed by atoms with Crippen molar-refractivity contribution >= 4 is 17.2 Å². The largest absolute Gasteiger partial charge is 0.395 e. The molecule has 1 rings (SSSR count). The second kappa shape index (κ2) is 8.19. The van der Waals surface area contributed by atoms with Crippen LogP contribution in [0.25, 0.3) is 0 Å². The SMILES string of the molecule is CCCCN(CCO)Cc1cc(C(N)=S)ccc1F. The summed E-state index contributed by atoms with van der Waals surface area (Å²) in [7, 11) is 0. The molecule has 0 bridgehead atoms. The molecule has 0 aromatic heterocycles. The first-order valence-corrected chi connectivity index (χ1v) is 6.90. The van der Waals surface area contributed by atoms with Crippen LogP contribution in [-0.4, -0.2) is 34.7 Å². The highest BCUT2D eigenvalue weighted by Gasteiger charge is 2.10. The molecule has 0 amide bonds. The van der Waals surface area contributed by atoms with Crippen molar-refractivity contribution < 1.29 is 9.50 Å². The Balaban J connectivity index is 2.81. The van der Waals surface area contributed by atoms with E-state index in [1.807, 2.05) is 4.90 Å². The molecule has 0 saturated heterocycles. The Kier molecular flexibility index (Phi) is 6.91. The maximum atomic E-state index is 13.8. The first-order valence-electron chi connectivity index (χ1n) is 6.50. The van der Waals surface area contributed by atoms with Crippen molar-refractivity contribution in [1.29, 1.82) is 0 Å². The van der Waals surface area contributed by atoms with Crippen LogP contribution in [0.15, 0.2) is 18.2 Å². The molecule has 0 atom stereocenters. The van der Waals surface area contributed by atoms with Gasteiger partial charge in [-0.2, -0.15) is 0 Å². The number of benzene rings is 1. The van der Waals surface area contributed by atoms with Gasteiger partial charge in [0.1, 0.15) is 10.8 Å². The number of halogens is 1. The van der Waals surface area contributed by atoms with Crippen LogP contribution in [0.3, 0.4) is 0 Å². The Morgan fingerprint density at radius 3 is 2.74 bits per heavy atom. The zero-order valence-corrected chi connectivity index (χ0v) is 12.0. The zero-order chi connectivity index (χ0) is 14.3. The molecule has 0 aliphatic carbocycles. The van der Waals surface area contributed by atoms with Gasteiger partial charge in [-0.3, -0.25) is 4.90 Å². The van der Waals surface area contributed by atoms with Gasteiger partial charge in [0.25, 0.3) is 0 Å². The third-order valence-corrected chi connectivity index (χ3v) is 3.20. The lowest BCUT2D eigenvalue weighted by Gasteiger charge is -2.21. The van der Waals surface area contributed by atoms with Gasteiger partial charge in [0.2, 0.25) is 0 Å². The number of hydrogen-bond acceptors (Lipinski definition) is 3. The lowest BCUT2D eigenvalue weighted by molar-refractivity contribution is 0.187. The minimum absolute atomic E-state index is 0.0698. The molecule has 0 saturated carbocycles. The molecule has 106 valence electrons. The van der Waals surface area contributed by atoms with Crippen LogP contribution in [0.2, 0.25) is 0 Å². The minimum Gasteiger partial charge on any atom is -0.395 e. The summed E-state index contributed by atoms with van der Waals surface area (Å²) < 4.78 is 13.8. The number of unbranched alkanes of at least 4 members (excludes halogenated alkanes) is 1. The second-order valence-electron chi connectivity index (χ2n) is 4.52. The van der Waals surface area contributed by atoms with Crippen LogP contribution < -0.4 is 5.73 Å². The third kappa shape index (κ3) is 5.22. The molecule has 0 fully saturated rings. The van der Waals surface area contributed by atoms with Gasteiger partial charge in [0, 0.05) is 24.2 Å². The van der Waals surface area contributed by atoms with E-state index in [1.54, 1.807) is 12.1 Å². The van der Waals surface area contributed by atoms with Crippen LogP contribution in [0, 0.1) is 5.82 Å². The Morgan fingerprint density at radius 2 is 2.16 bits per heavy atom. The van der Waals surface area contributed by atoms with E-state index in [1.165, 1.54) is 6.07 Å². The number of nitrogens with zero attached hydrogens (tertiary/aromatic N) is 1. The Hall–Kier alpha value is -1.04. The summed E-state index contributed by atoms with van der Waals surface area (Å²) in [5.74, 6) is -0.264. The van der Waals surface area contributed by atoms with E-state index in [-0.39, 0.29) is 17.4 Å². The molecule has 3 nitrogen and oxygen atoms in total. The number of nitrogens with two attached hydrogens (primary N) is 1. The smallest absolute Gasteiger partial charge is 0.127 e. The van der Waals surface area contributed by atoms with Crippen LogP contribution in [-0.2, 0) is 6.54 Å². The highest BCUT2D eigenvalue weighted by atomic mass is 32.1. The third-order valence-electron chi connectivity index (χ3n) is 2.97. The number of rotatable bonds is 8. The average molecular weight is 284 g/mol. The maximum absolute atomic E-state index is 13.8. The Bertz CT molecular complexity index is 426. The van der Waals surface area contributed by atoms with Gasteiger partial charge in [-0.25, -0.2) is 4.39 Å². The molecule has 0 radical (unpaired) electrons. The normalized spacial score (nSPS) is 10.9. The first-order chi connectivity index (χ1) is 9.08. The second-order valence-corrected chi connectivity index (χ2v) is 4.96. The molecule has 1 aromatic rings. The van der Waals surface area contributed by atoms with Gasteiger partial charge in [-0.05, 0) is 31.2 Å². The van der Waals surface area contributed by atoms with Crippen LogP contribution in [0.5, 0.6) is 0 Å². The summed E-state index contributed by atoms with van der Waals surface area (Å²) in [6.45, 7) is 4.01. The van der Waals surface area contributed by atoms with Crippen molar-refractivity contribution in [2.45, 2.75) is 26.3 Å². The molecule has 0 heterocycles. The summed E-state index contributed by atoms with van der Waals surface area (Å²) in [5, 5.41) is 9.05. The molecule has 0 aliphatic rings.